The fraction of sp³-hybridized carbons (Fsp3) is 0. The lowest BCUT2D eigenvalue weighted by atomic mass is 10.1. The maximum atomic E-state index is 12.4. The highest BCUT2D eigenvalue weighted by atomic mass is 35.5. The first-order valence-corrected chi connectivity index (χ1v) is 10.3. The van der Waals surface area contributed by atoms with Gasteiger partial charge in [-0.3, -0.25) is 10.1 Å². The van der Waals surface area contributed by atoms with Crippen molar-refractivity contribution < 1.29 is 14.3 Å². The van der Waals surface area contributed by atoms with E-state index in [0.717, 1.165) is 0 Å². The molecule has 10 heteroatoms. The Balaban J connectivity index is 1.53. The second-order valence-corrected chi connectivity index (χ2v) is 8.06. The van der Waals surface area contributed by atoms with Crippen LogP contribution in [0, 0.1) is 0 Å². The number of carbonyl (C=O) groups excluding carboxylic acids is 1. The monoisotopic (exact) mass is 491 g/mol. The Bertz CT molecular complexity index is 1340. The van der Waals surface area contributed by atoms with Crippen LogP contribution in [-0.4, -0.2) is 21.1 Å². The van der Waals surface area contributed by atoms with E-state index in [4.69, 9.17) is 51.4 Å². The van der Waals surface area contributed by atoms with Crippen molar-refractivity contribution in [3.05, 3.63) is 75.2 Å². The van der Waals surface area contributed by atoms with Gasteiger partial charge < -0.3 is 14.8 Å². The third kappa shape index (κ3) is 4.75. The number of thiocarbonyl (C=S) groups is 1. The first-order valence-electron chi connectivity index (χ1n) is 8.77. The lowest BCUT2D eigenvalue weighted by Crippen LogP contribution is -2.34. The van der Waals surface area contributed by atoms with Gasteiger partial charge in [-0.05, 0) is 66.8 Å². The smallest absolute Gasteiger partial charge is 0.257 e. The molecular weight excluding hydrogens is 481 g/mol. The van der Waals surface area contributed by atoms with E-state index in [0.29, 0.717) is 38.0 Å². The van der Waals surface area contributed by atoms with Gasteiger partial charge in [-0.2, -0.15) is 0 Å². The van der Waals surface area contributed by atoms with Crippen LogP contribution in [0.4, 0.5) is 5.69 Å². The summed E-state index contributed by atoms with van der Waals surface area (Å²) in [5.41, 5.74) is 2.24. The predicted octanol–water partition coefficient (Wildman–Crippen LogP) is 6.29. The van der Waals surface area contributed by atoms with E-state index in [1.807, 2.05) is 0 Å². The molecule has 1 aromatic heterocycles. The third-order valence-electron chi connectivity index (χ3n) is 4.24. The van der Waals surface area contributed by atoms with Gasteiger partial charge in [-0.25, -0.2) is 4.98 Å². The van der Waals surface area contributed by atoms with Gasteiger partial charge in [0.1, 0.15) is 11.3 Å². The van der Waals surface area contributed by atoms with Gasteiger partial charge >= 0.3 is 0 Å². The van der Waals surface area contributed by atoms with Crippen LogP contribution in [0.15, 0.2) is 59.0 Å². The number of fused-ring (bicyclic) bond motifs is 1. The average Bonchev–Trinajstić information content (AvgIpc) is 3.14. The van der Waals surface area contributed by atoms with Crippen LogP contribution >= 0.6 is 47.0 Å². The molecule has 0 saturated heterocycles. The summed E-state index contributed by atoms with van der Waals surface area (Å²) in [7, 11) is 0. The Kier molecular flexibility index (Phi) is 6.02. The van der Waals surface area contributed by atoms with Crippen molar-refractivity contribution in [3.63, 3.8) is 0 Å². The number of aromatic hydroxyl groups is 1. The molecule has 4 rings (SSSR count). The van der Waals surface area contributed by atoms with E-state index in [-0.39, 0.29) is 21.8 Å². The number of phenols is 1. The Morgan fingerprint density at radius 1 is 1.00 bits per heavy atom. The molecule has 0 radical (unpaired) electrons. The Morgan fingerprint density at radius 2 is 1.81 bits per heavy atom. The van der Waals surface area contributed by atoms with Gasteiger partial charge in [0.2, 0.25) is 5.89 Å². The van der Waals surface area contributed by atoms with Gasteiger partial charge in [0.05, 0.1) is 15.6 Å². The summed E-state index contributed by atoms with van der Waals surface area (Å²) in [6, 6.07) is 14.2. The quantitative estimate of drug-likeness (QED) is 0.230. The number of nitrogens with one attached hydrogen (secondary N) is 2. The number of rotatable bonds is 3. The summed E-state index contributed by atoms with van der Waals surface area (Å²) in [4.78, 5) is 16.7. The molecule has 4 aromatic rings. The summed E-state index contributed by atoms with van der Waals surface area (Å²) < 4.78 is 5.71. The number of nitrogens with zero attached hydrogens (tertiary/aromatic N) is 1. The van der Waals surface area contributed by atoms with Crippen LogP contribution in [0.1, 0.15) is 10.4 Å². The van der Waals surface area contributed by atoms with E-state index < -0.39 is 5.91 Å². The SMILES string of the molecule is O=C(NC(=S)Nc1ccc(O)c(-c2nc3cc(Cl)ccc3o2)c1)c1ccc(Cl)c(Cl)c1. The first-order chi connectivity index (χ1) is 14.8. The fourth-order valence-corrected chi connectivity index (χ4v) is 3.45. The summed E-state index contributed by atoms with van der Waals surface area (Å²) in [6.45, 7) is 0. The molecule has 0 aliphatic carbocycles. The van der Waals surface area contributed by atoms with Crippen LogP contribution in [-0.2, 0) is 0 Å². The number of carbonyl (C=O) groups is 1. The van der Waals surface area contributed by atoms with Gasteiger partial charge in [-0.1, -0.05) is 34.8 Å². The minimum Gasteiger partial charge on any atom is -0.507 e. The molecule has 3 aromatic carbocycles. The lowest BCUT2D eigenvalue weighted by Gasteiger charge is -2.11. The van der Waals surface area contributed by atoms with Crippen molar-refractivity contribution in [3.8, 4) is 17.2 Å². The molecular formula is C21H12Cl3N3O3S. The molecule has 0 fully saturated rings. The van der Waals surface area contributed by atoms with Crippen molar-refractivity contribution in [2.24, 2.45) is 0 Å². The van der Waals surface area contributed by atoms with E-state index in [1.165, 1.54) is 24.3 Å². The van der Waals surface area contributed by atoms with Crippen molar-refractivity contribution in [2.45, 2.75) is 0 Å². The molecule has 1 heterocycles. The average molecular weight is 493 g/mol. The van der Waals surface area contributed by atoms with Crippen LogP contribution in [0.25, 0.3) is 22.6 Å². The zero-order chi connectivity index (χ0) is 22.1. The second kappa shape index (κ2) is 8.72. The number of hydrogen-bond acceptors (Lipinski definition) is 5. The number of aromatic nitrogens is 1. The number of phenolic OH excluding ortho intramolecular Hbond substituents is 1. The molecule has 156 valence electrons. The van der Waals surface area contributed by atoms with Crippen LogP contribution in [0.2, 0.25) is 15.1 Å². The normalized spacial score (nSPS) is 10.8. The van der Waals surface area contributed by atoms with E-state index in [2.05, 4.69) is 15.6 Å². The lowest BCUT2D eigenvalue weighted by molar-refractivity contribution is 0.0977. The highest BCUT2D eigenvalue weighted by Gasteiger charge is 2.15. The summed E-state index contributed by atoms with van der Waals surface area (Å²) in [5.74, 6) is -0.274. The largest absolute Gasteiger partial charge is 0.507 e. The Hall–Kier alpha value is -2.84. The van der Waals surface area contributed by atoms with E-state index >= 15 is 0 Å². The standard InChI is InChI=1S/C21H12Cl3N3O3S/c22-11-2-6-18-16(8-11)26-20(30-18)13-9-12(3-5-17(13)28)25-21(31)27-19(29)10-1-4-14(23)15(24)7-10/h1-9,28H,(H2,25,27,29,31). The second-order valence-electron chi connectivity index (χ2n) is 6.40. The van der Waals surface area contributed by atoms with E-state index in [9.17, 15) is 9.90 Å². The number of anilines is 1. The summed E-state index contributed by atoms with van der Waals surface area (Å²) >= 11 is 23.0. The van der Waals surface area contributed by atoms with Crippen LogP contribution in [0.5, 0.6) is 5.75 Å². The molecule has 0 atom stereocenters. The summed E-state index contributed by atoms with van der Waals surface area (Å²) in [5, 5.41) is 16.9. The number of halogens is 3. The first kappa shape index (κ1) is 21.4. The van der Waals surface area contributed by atoms with Gasteiger partial charge in [0.25, 0.3) is 5.91 Å². The van der Waals surface area contributed by atoms with Gasteiger partial charge in [0, 0.05) is 16.3 Å². The van der Waals surface area contributed by atoms with Gasteiger partial charge in [-0.15, -0.1) is 0 Å². The van der Waals surface area contributed by atoms with E-state index in [1.54, 1.807) is 30.3 Å². The summed E-state index contributed by atoms with van der Waals surface area (Å²) in [6.07, 6.45) is 0. The maximum Gasteiger partial charge on any atom is 0.257 e. The Morgan fingerprint density at radius 3 is 2.58 bits per heavy atom. The zero-order valence-corrected chi connectivity index (χ0v) is 18.5. The van der Waals surface area contributed by atoms with Crippen molar-refractivity contribution in [1.82, 2.24) is 10.3 Å². The number of benzene rings is 3. The van der Waals surface area contributed by atoms with Gasteiger partial charge in [0.15, 0.2) is 10.7 Å². The molecule has 3 N–H and O–H groups in total. The van der Waals surface area contributed by atoms with Crippen molar-refractivity contribution >= 4 is 74.8 Å². The molecule has 0 spiro atoms. The van der Waals surface area contributed by atoms with Crippen LogP contribution in [0.3, 0.4) is 0 Å². The predicted molar refractivity (Wildman–Crippen MR) is 126 cm³/mol. The number of hydrogen-bond donors (Lipinski definition) is 3. The zero-order valence-electron chi connectivity index (χ0n) is 15.4. The Labute approximate surface area is 196 Å². The third-order valence-corrected chi connectivity index (χ3v) is 5.42. The molecule has 0 bridgehead atoms. The number of amides is 1. The van der Waals surface area contributed by atoms with Crippen molar-refractivity contribution in [2.75, 3.05) is 5.32 Å². The molecule has 0 aliphatic heterocycles. The molecule has 0 saturated carbocycles. The minimum absolute atomic E-state index is 0.0334. The molecule has 1 amide bonds. The minimum atomic E-state index is -0.453. The topological polar surface area (TPSA) is 87.4 Å². The molecule has 0 unspecified atom stereocenters. The van der Waals surface area contributed by atoms with Crippen molar-refractivity contribution in [1.29, 1.82) is 0 Å². The van der Waals surface area contributed by atoms with Crippen LogP contribution < -0.4 is 10.6 Å². The fourth-order valence-electron chi connectivity index (χ4n) is 2.78. The number of oxazole rings is 1. The maximum absolute atomic E-state index is 12.4. The molecule has 31 heavy (non-hydrogen) atoms. The molecule has 6 nitrogen and oxygen atoms in total. The molecule has 0 aliphatic rings. The highest BCUT2D eigenvalue weighted by Crippen LogP contribution is 2.34. The highest BCUT2D eigenvalue weighted by molar-refractivity contribution is 7.80.